The fourth-order valence-corrected chi connectivity index (χ4v) is 2.97. The van der Waals surface area contributed by atoms with Gasteiger partial charge in [-0.2, -0.15) is 0 Å². The zero-order valence-corrected chi connectivity index (χ0v) is 12.3. The first kappa shape index (κ1) is 15.3. The Morgan fingerprint density at radius 3 is 2.65 bits per heavy atom. The molecule has 5 nitrogen and oxygen atoms in total. The SMILES string of the molecule is CCOC(=O)[C@@H](CC(=O)OC)[C@@H]1CCO[C@@H](C2CC2)C1. The molecule has 114 valence electrons. The Balaban J connectivity index is 1.99. The van der Waals surface area contributed by atoms with Gasteiger partial charge in [0.2, 0.25) is 0 Å². The number of carbonyl (C=O) groups excluding carboxylic acids is 2. The quantitative estimate of drug-likeness (QED) is 0.697. The Hall–Kier alpha value is -1.10. The molecule has 5 heteroatoms. The monoisotopic (exact) mass is 284 g/mol. The van der Waals surface area contributed by atoms with Crippen molar-refractivity contribution in [3.8, 4) is 0 Å². The van der Waals surface area contributed by atoms with Crippen LogP contribution in [0.25, 0.3) is 0 Å². The van der Waals surface area contributed by atoms with E-state index < -0.39 is 5.92 Å². The second kappa shape index (κ2) is 7.07. The van der Waals surface area contributed by atoms with Crippen molar-refractivity contribution in [2.24, 2.45) is 17.8 Å². The number of carbonyl (C=O) groups is 2. The average Bonchev–Trinajstić information content (AvgIpc) is 3.29. The highest BCUT2D eigenvalue weighted by molar-refractivity contribution is 5.80. The van der Waals surface area contributed by atoms with Crippen molar-refractivity contribution in [2.45, 2.75) is 45.1 Å². The number of hydrogen-bond acceptors (Lipinski definition) is 5. The average molecular weight is 284 g/mol. The third-order valence-electron chi connectivity index (χ3n) is 4.28. The topological polar surface area (TPSA) is 61.8 Å². The Morgan fingerprint density at radius 1 is 1.30 bits per heavy atom. The number of methoxy groups -OCH3 is 1. The lowest BCUT2D eigenvalue weighted by Crippen LogP contribution is -2.36. The Morgan fingerprint density at radius 2 is 2.05 bits per heavy atom. The minimum atomic E-state index is -0.396. The molecule has 1 saturated carbocycles. The third kappa shape index (κ3) is 3.95. The van der Waals surface area contributed by atoms with Crippen LogP contribution in [0.15, 0.2) is 0 Å². The summed E-state index contributed by atoms with van der Waals surface area (Å²) < 4.78 is 15.6. The number of ether oxygens (including phenoxy) is 3. The van der Waals surface area contributed by atoms with Crippen molar-refractivity contribution >= 4 is 11.9 Å². The summed E-state index contributed by atoms with van der Waals surface area (Å²) in [4.78, 5) is 23.7. The van der Waals surface area contributed by atoms with E-state index >= 15 is 0 Å². The lowest BCUT2D eigenvalue weighted by Gasteiger charge is -2.33. The van der Waals surface area contributed by atoms with Crippen LogP contribution in [0.4, 0.5) is 0 Å². The van der Waals surface area contributed by atoms with Gasteiger partial charge in [-0.3, -0.25) is 9.59 Å². The van der Waals surface area contributed by atoms with Gasteiger partial charge in [-0.25, -0.2) is 0 Å². The van der Waals surface area contributed by atoms with E-state index in [2.05, 4.69) is 0 Å². The first-order chi connectivity index (χ1) is 9.65. The van der Waals surface area contributed by atoms with Gasteiger partial charge in [0.05, 0.1) is 32.2 Å². The van der Waals surface area contributed by atoms with Gasteiger partial charge in [-0.15, -0.1) is 0 Å². The second-order valence-electron chi connectivity index (χ2n) is 5.67. The molecule has 0 aromatic heterocycles. The van der Waals surface area contributed by atoms with Crippen molar-refractivity contribution < 1.29 is 23.8 Å². The molecule has 0 unspecified atom stereocenters. The maximum atomic E-state index is 12.1. The summed E-state index contributed by atoms with van der Waals surface area (Å²) in [5, 5.41) is 0. The first-order valence-electron chi connectivity index (χ1n) is 7.50. The summed E-state index contributed by atoms with van der Waals surface area (Å²) in [6.07, 6.45) is 4.46. The summed E-state index contributed by atoms with van der Waals surface area (Å²) in [5.74, 6) is -0.212. The first-order valence-corrected chi connectivity index (χ1v) is 7.50. The van der Waals surface area contributed by atoms with Crippen LogP contribution >= 0.6 is 0 Å². The molecule has 1 aliphatic heterocycles. The van der Waals surface area contributed by atoms with Gasteiger partial charge in [-0.1, -0.05) is 0 Å². The van der Waals surface area contributed by atoms with Crippen LogP contribution in [0, 0.1) is 17.8 Å². The molecule has 1 aliphatic carbocycles. The lowest BCUT2D eigenvalue weighted by atomic mass is 9.81. The maximum absolute atomic E-state index is 12.1. The third-order valence-corrected chi connectivity index (χ3v) is 4.28. The Bertz CT molecular complexity index is 350. The highest BCUT2D eigenvalue weighted by atomic mass is 16.5. The Labute approximate surface area is 120 Å². The molecule has 0 aromatic carbocycles. The normalized spacial score (nSPS) is 27.7. The maximum Gasteiger partial charge on any atom is 0.309 e. The summed E-state index contributed by atoms with van der Waals surface area (Å²) in [6.45, 7) is 2.79. The molecule has 0 radical (unpaired) electrons. The van der Waals surface area contributed by atoms with Crippen LogP contribution in [0.5, 0.6) is 0 Å². The number of esters is 2. The summed E-state index contributed by atoms with van der Waals surface area (Å²) in [7, 11) is 1.35. The van der Waals surface area contributed by atoms with Crippen molar-refractivity contribution in [3.05, 3.63) is 0 Å². The highest BCUT2D eigenvalue weighted by Crippen LogP contribution is 2.41. The fourth-order valence-electron chi connectivity index (χ4n) is 2.97. The molecule has 2 fully saturated rings. The van der Waals surface area contributed by atoms with E-state index in [1.54, 1.807) is 6.92 Å². The molecule has 20 heavy (non-hydrogen) atoms. The largest absolute Gasteiger partial charge is 0.469 e. The zero-order chi connectivity index (χ0) is 14.5. The van der Waals surface area contributed by atoms with Crippen molar-refractivity contribution in [2.75, 3.05) is 20.3 Å². The van der Waals surface area contributed by atoms with Gasteiger partial charge in [0.15, 0.2) is 0 Å². The predicted molar refractivity (Wildman–Crippen MR) is 71.9 cm³/mol. The molecule has 0 N–H and O–H groups in total. The van der Waals surface area contributed by atoms with E-state index in [1.165, 1.54) is 20.0 Å². The summed E-state index contributed by atoms with van der Waals surface area (Å²) >= 11 is 0. The van der Waals surface area contributed by atoms with E-state index in [1.807, 2.05) is 0 Å². The van der Waals surface area contributed by atoms with Crippen LogP contribution in [0.2, 0.25) is 0 Å². The highest BCUT2D eigenvalue weighted by Gasteiger charge is 2.41. The fraction of sp³-hybridized carbons (Fsp3) is 0.867. The van der Waals surface area contributed by atoms with E-state index in [9.17, 15) is 9.59 Å². The number of rotatable bonds is 6. The zero-order valence-electron chi connectivity index (χ0n) is 12.3. The Kier molecular flexibility index (Phi) is 5.40. The van der Waals surface area contributed by atoms with Crippen molar-refractivity contribution in [1.82, 2.24) is 0 Å². The molecule has 3 atom stereocenters. The number of hydrogen-bond donors (Lipinski definition) is 0. The molecule has 1 saturated heterocycles. The minimum Gasteiger partial charge on any atom is -0.469 e. The molecular weight excluding hydrogens is 260 g/mol. The molecule has 0 amide bonds. The summed E-state index contributed by atoms with van der Waals surface area (Å²) in [6, 6.07) is 0. The minimum absolute atomic E-state index is 0.109. The van der Waals surface area contributed by atoms with E-state index in [-0.39, 0.29) is 30.4 Å². The van der Waals surface area contributed by atoms with Gasteiger partial charge in [0.25, 0.3) is 0 Å². The molecule has 1 heterocycles. The molecular formula is C15H24O5. The van der Waals surface area contributed by atoms with Crippen molar-refractivity contribution in [1.29, 1.82) is 0 Å². The molecule has 0 aromatic rings. The van der Waals surface area contributed by atoms with Crippen LogP contribution in [-0.4, -0.2) is 38.4 Å². The lowest BCUT2D eigenvalue weighted by molar-refractivity contribution is -0.158. The van der Waals surface area contributed by atoms with E-state index in [0.29, 0.717) is 19.1 Å². The second-order valence-corrected chi connectivity index (χ2v) is 5.67. The smallest absolute Gasteiger partial charge is 0.309 e. The van der Waals surface area contributed by atoms with E-state index in [0.717, 1.165) is 12.8 Å². The van der Waals surface area contributed by atoms with Crippen molar-refractivity contribution in [3.63, 3.8) is 0 Å². The van der Waals surface area contributed by atoms with Gasteiger partial charge in [0, 0.05) is 6.61 Å². The molecule has 0 spiro atoms. The molecule has 2 rings (SSSR count). The van der Waals surface area contributed by atoms with Crippen LogP contribution < -0.4 is 0 Å². The van der Waals surface area contributed by atoms with Gasteiger partial charge in [-0.05, 0) is 44.4 Å². The standard InChI is InChI=1S/C15H24O5/c1-3-19-15(17)12(9-14(16)18-2)11-6-7-20-13(8-11)10-4-5-10/h10-13H,3-9H2,1-2H3/t11-,12+,13-/m1/s1. The summed E-state index contributed by atoms with van der Waals surface area (Å²) in [5.41, 5.74) is 0. The van der Waals surface area contributed by atoms with Crippen LogP contribution in [0.1, 0.15) is 39.0 Å². The van der Waals surface area contributed by atoms with Crippen LogP contribution in [-0.2, 0) is 23.8 Å². The van der Waals surface area contributed by atoms with E-state index in [4.69, 9.17) is 14.2 Å². The molecule has 0 bridgehead atoms. The van der Waals surface area contributed by atoms with Crippen LogP contribution in [0.3, 0.4) is 0 Å². The van der Waals surface area contributed by atoms with Gasteiger partial charge >= 0.3 is 11.9 Å². The predicted octanol–water partition coefficient (Wildman–Crippen LogP) is 1.93. The van der Waals surface area contributed by atoms with Gasteiger partial charge in [0.1, 0.15) is 0 Å². The van der Waals surface area contributed by atoms with Gasteiger partial charge < -0.3 is 14.2 Å². The molecule has 2 aliphatic rings.